The molecule has 0 spiro atoms. The van der Waals surface area contributed by atoms with Crippen molar-refractivity contribution in [1.82, 2.24) is 20.4 Å². The van der Waals surface area contributed by atoms with Crippen LogP contribution >= 0.6 is 11.6 Å². The number of hydrogen-bond acceptors (Lipinski definition) is 4. The zero-order chi connectivity index (χ0) is 22.7. The normalized spacial score (nSPS) is 23.9. The molecule has 3 amide bonds. The highest BCUT2D eigenvalue weighted by molar-refractivity contribution is 6.31. The average Bonchev–Trinajstić information content (AvgIpc) is 3.44. The van der Waals surface area contributed by atoms with Crippen molar-refractivity contribution in [3.05, 3.63) is 28.3 Å². The predicted molar refractivity (Wildman–Crippen MR) is 128 cm³/mol. The molecule has 3 aliphatic rings. The van der Waals surface area contributed by atoms with Crippen molar-refractivity contribution in [2.24, 2.45) is 5.92 Å². The molecule has 1 saturated carbocycles. The molecular formula is C24H36ClN5O2. The summed E-state index contributed by atoms with van der Waals surface area (Å²) in [7, 11) is 0. The third-order valence-electron chi connectivity index (χ3n) is 6.95. The lowest BCUT2D eigenvalue weighted by molar-refractivity contribution is -0.116. The summed E-state index contributed by atoms with van der Waals surface area (Å²) in [5.74, 6) is 0.714. The third kappa shape index (κ3) is 6.15. The van der Waals surface area contributed by atoms with E-state index in [0.29, 0.717) is 17.4 Å². The maximum absolute atomic E-state index is 12.5. The van der Waals surface area contributed by atoms with Crippen LogP contribution in [0.5, 0.6) is 0 Å². The molecule has 3 fully saturated rings. The van der Waals surface area contributed by atoms with Crippen LogP contribution in [0.4, 0.5) is 10.5 Å². The van der Waals surface area contributed by atoms with E-state index in [1.807, 2.05) is 24.0 Å². The number of piperazine rings is 1. The van der Waals surface area contributed by atoms with Gasteiger partial charge >= 0.3 is 6.03 Å². The van der Waals surface area contributed by atoms with Crippen LogP contribution in [0.25, 0.3) is 0 Å². The van der Waals surface area contributed by atoms with Gasteiger partial charge in [0.1, 0.15) is 0 Å². The van der Waals surface area contributed by atoms with E-state index in [0.717, 1.165) is 68.9 Å². The Hall–Kier alpha value is -1.83. The van der Waals surface area contributed by atoms with Crippen molar-refractivity contribution in [2.75, 3.05) is 38.0 Å². The molecule has 7 nitrogen and oxygen atoms in total. The van der Waals surface area contributed by atoms with Gasteiger partial charge < -0.3 is 20.9 Å². The lowest BCUT2D eigenvalue weighted by Crippen LogP contribution is -2.56. The standard InChI is InChI=1S/C24H36ClN5O2/c1-16-14-29(8-9-30(16)24(32)27-13-18-5-6-18)15-19-10-20(25)11-22(17(19)2)28-23(31)12-21-4-3-7-26-21/h10-11,16,18,21,26H,3-9,12-15H2,1-2H3,(H,27,32)(H,28,31)/t16-,21?/m0/s1. The van der Waals surface area contributed by atoms with E-state index in [9.17, 15) is 9.59 Å². The molecule has 32 heavy (non-hydrogen) atoms. The minimum atomic E-state index is 0.0279. The Morgan fingerprint density at radius 1 is 1.22 bits per heavy atom. The van der Waals surface area contributed by atoms with Gasteiger partial charge in [0.25, 0.3) is 0 Å². The van der Waals surface area contributed by atoms with Crippen LogP contribution in [0.3, 0.4) is 0 Å². The smallest absolute Gasteiger partial charge is 0.317 e. The second-order valence-electron chi connectivity index (χ2n) is 9.69. The van der Waals surface area contributed by atoms with E-state index in [4.69, 9.17) is 11.6 Å². The lowest BCUT2D eigenvalue weighted by atomic mass is 10.0. The largest absolute Gasteiger partial charge is 0.338 e. The van der Waals surface area contributed by atoms with Gasteiger partial charge in [0, 0.05) is 61.9 Å². The van der Waals surface area contributed by atoms with Gasteiger partial charge in [-0.3, -0.25) is 9.69 Å². The monoisotopic (exact) mass is 461 g/mol. The minimum Gasteiger partial charge on any atom is -0.338 e. The van der Waals surface area contributed by atoms with E-state index in [-0.39, 0.29) is 24.0 Å². The van der Waals surface area contributed by atoms with Crippen molar-refractivity contribution in [2.45, 2.75) is 64.6 Å². The summed E-state index contributed by atoms with van der Waals surface area (Å²) in [6.45, 7) is 9.05. The van der Waals surface area contributed by atoms with E-state index in [1.165, 1.54) is 12.8 Å². The van der Waals surface area contributed by atoms with Gasteiger partial charge in [-0.05, 0) is 75.3 Å². The van der Waals surface area contributed by atoms with Crippen molar-refractivity contribution in [1.29, 1.82) is 0 Å². The number of nitrogens with zero attached hydrogens (tertiary/aromatic N) is 2. The highest BCUT2D eigenvalue weighted by atomic mass is 35.5. The number of carbonyl (C=O) groups excluding carboxylic acids is 2. The molecule has 2 saturated heterocycles. The molecular weight excluding hydrogens is 426 g/mol. The number of carbonyl (C=O) groups is 2. The highest BCUT2D eigenvalue weighted by Gasteiger charge is 2.29. The number of anilines is 1. The topological polar surface area (TPSA) is 76.7 Å². The van der Waals surface area contributed by atoms with Gasteiger partial charge in [-0.15, -0.1) is 0 Å². The number of urea groups is 1. The van der Waals surface area contributed by atoms with Gasteiger partial charge in [0.2, 0.25) is 5.91 Å². The number of rotatable bonds is 7. The van der Waals surface area contributed by atoms with E-state index in [1.54, 1.807) is 0 Å². The highest BCUT2D eigenvalue weighted by Crippen LogP contribution is 2.28. The summed E-state index contributed by atoms with van der Waals surface area (Å²) in [5.41, 5.74) is 2.96. The average molecular weight is 462 g/mol. The summed E-state index contributed by atoms with van der Waals surface area (Å²) in [6.07, 6.45) is 5.15. The van der Waals surface area contributed by atoms with E-state index in [2.05, 4.69) is 27.8 Å². The second kappa shape index (κ2) is 10.4. The van der Waals surface area contributed by atoms with E-state index >= 15 is 0 Å². The fourth-order valence-corrected chi connectivity index (χ4v) is 5.00. The van der Waals surface area contributed by atoms with Crippen molar-refractivity contribution in [3.63, 3.8) is 0 Å². The summed E-state index contributed by atoms with van der Waals surface area (Å²) < 4.78 is 0. The van der Waals surface area contributed by atoms with Gasteiger partial charge in [-0.1, -0.05) is 11.6 Å². The van der Waals surface area contributed by atoms with E-state index < -0.39 is 0 Å². The first kappa shape index (κ1) is 23.3. The maximum Gasteiger partial charge on any atom is 0.317 e. The molecule has 2 heterocycles. The fourth-order valence-electron chi connectivity index (χ4n) is 4.76. The van der Waals surface area contributed by atoms with Crippen LogP contribution < -0.4 is 16.0 Å². The summed E-state index contributed by atoms with van der Waals surface area (Å²) in [4.78, 5) is 29.4. The van der Waals surface area contributed by atoms with Crippen LogP contribution in [0.1, 0.15) is 50.2 Å². The quantitative estimate of drug-likeness (QED) is 0.582. The van der Waals surface area contributed by atoms with Crippen LogP contribution in [-0.2, 0) is 11.3 Å². The third-order valence-corrected chi connectivity index (χ3v) is 7.17. The Morgan fingerprint density at radius 3 is 2.72 bits per heavy atom. The molecule has 1 aliphatic carbocycles. The summed E-state index contributed by atoms with van der Waals surface area (Å²) in [6, 6.07) is 4.31. The molecule has 1 unspecified atom stereocenters. The number of benzene rings is 1. The van der Waals surface area contributed by atoms with Gasteiger partial charge in [-0.2, -0.15) is 0 Å². The fraction of sp³-hybridized carbons (Fsp3) is 0.667. The molecule has 0 bridgehead atoms. The lowest BCUT2D eigenvalue weighted by Gasteiger charge is -2.40. The molecule has 3 N–H and O–H groups in total. The van der Waals surface area contributed by atoms with Crippen LogP contribution in [0.15, 0.2) is 12.1 Å². The molecule has 1 aromatic carbocycles. The second-order valence-corrected chi connectivity index (χ2v) is 10.1. The molecule has 2 atom stereocenters. The Labute approximate surface area is 196 Å². The number of halogens is 1. The molecule has 0 radical (unpaired) electrons. The van der Waals surface area contributed by atoms with Crippen LogP contribution in [-0.4, -0.2) is 66.5 Å². The zero-order valence-corrected chi connectivity index (χ0v) is 20.0. The Kier molecular flexibility index (Phi) is 7.59. The molecule has 1 aromatic rings. The maximum atomic E-state index is 12.5. The molecule has 4 rings (SSSR count). The number of nitrogens with one attached hydrogen (secondary N) is 3. The molecule has 2 aliphatic heterocycles. The predicted octanol–water partition coefficient (Wildman–Crippen LogP) is 3.35. The SMILES string of the molecule is Cc1c(CN2CCN(C(=O)NCC3CC3)[C@@H](C)C2)cc(Cl)cc1NC(=O)CC1CCCN1. The summed E-state index contributed by atoms with van der Waals surface area (Å²) in [5, 5.41) is 10.2. The van der Waals surface area contributed by atoms with Crippen molar-refractivity contribution >= 4 is 29.2 Å². The Bertz CT molecular complexity index is 838. The van der Waals surface area contributed by atoms with Gasteiger partial charge in [0.15, 0.2) is 0 Å². The first-order valence-electron chi connectivity index (χ1n) is 12.0. The number of amides is 3. The number of hydrogen-bond donors (Lipinski definition) is 3. The van der Waals surface area contributed by atoms with Crippen molar-refractivity contribution < 1.29 is 9.59 Å². The molecule has 0 aromatic heterocycles. The zero-order valence-electron chi connectivity index (χ0n) is 19.3. The van der Waals surface area contributed by atoms with Gasteiger partial charge in [0.05, 0.1) is 0 Å². The molecule has 176 valence electrons. The van der Waals surface area contributed by atoms with Crippen LogP contribution in [0.2, 0.25) is 5.02 Å². The molecule has 8 heteroatoms. The van der Waals surface area contributed by atoms with Gasteiger partial charge in [-0.25, -0.2) is 4.79 Å². The Morgan fingerprint density at radius 2 is 2.03 bits per heavy atom. The van der Waals surface area contributed by atoms with Crippen molar-refractivity contribution in [3.8, 4) is 0 Å². The first-order valence-corrected chi connectivity index (χ1v) is 12.4. The Balaban J connectivity index is 1.33. The minimum absolute atomic E-state index is 0.0279. The summed E-state index contributed by atoms with van der Waals surface area (Å²) >= 11 is 6.41. The van der Waals surface area contributed by atoms with Crippen LogP contribution in [0, 0.1) is 12.8 Å². The first-order chi connectivity index (χ1) is 15.4.